The van der Waals surface area contributed by atoms with Crippen LogP contribution >= 0.6 is 0 Å². The smallest absolute Gasteiger partial charge is 0.207 e. The van der Waals surface area contributed by atoms with Gasteiger partial charge in [0.25, 0.3) is 0 Å². The molecule has 4 heteroatoms. The molecule has 0 radical (unpaired) electrons. The van der Waals surface area contributed by atoms with E-state index >= 15 is 0 Å². The molecule has 0 spiro atoms. The standard InChI is InChI=1S/C12H14F4/c1-7-5-8(12(14,15)16)6-9(13)10(7)11(2,3)4/h5-6H,1-4H3. The zero-order valence-electron chi connectivity index (χ0n) is 9.67. The van der Waals surface area contributed by atoms with Gasteiger partial charge in [-0.15, -0.1) is 0 Å². The molecular weight excluding hydrogens is 220 g/mol. The highest BCUT2D eigenvalue weighted by atomic mass is 19.4. The molecule has 1 rings (SSSR count). The van der Waals surface area contributed by atoms with Crippen LogP contribution in [0.1, 0.15) is 37.5 Å². The van der Waals surface area contributed by atoms with E-state index < -0.39 is 23.0 Å². The molecule has 0 heterocycles. The summed E-state index contributed by atoms with van der Waals surface area (Å²) in [6.07, 6.45) is -4.50. The van der Waals surface area contributed by atoms with E-state index in [-0.39, 0.29) is 0 Å². The van der Waals surface area contributed by atoms with Crippen molar-refractivity contribution in [2.75, 3.05) is 0 Å². The van der Waals surface area contributed by atoms with Gasteiger partial charge in [0.1, 0.15) is 5.82 Å². The average Bonchev–Trinajstić information content (AvgIpc) is 1.97. The Hall–Kier alpha value is -1.06. The first kappa shape index (κ1) is 13.0. The molecule has 0 aliphatic carbocycles. The molecule has 0 aliphatic heterocycles. The van der Waals surface area contributed by atoms with E-state index in [1.807, 2.05) is 0 Å². The molecule has 0 atom stereocenters. The van der Waals surface area contributed by atoms with Crippen LogP contribution in [0.15, 0.2) is 12.1 Å². The number of aryl methyl sites for hydroxylation is 1. The minimum atomic E-state index is -4.50. The van der Waals surface area contributed by atoms with Crippen LogP contribution in [-0.2, 0) is 11.6 Å². The zero-order chi connectivity index (χ0) is 12.7. The highest BCUT2D eigenvalue weighted by molar-refractivity contribution is 5.38. The van der Waals surface area contributed by atoms with Gasteiger partial charge in [0.15, 0.2) is 0 Å². The average molecular weight is 234 g/mol. The zero-order valence-corrected chi connectivity index (χ0v) is 9.67. The Morgan fingerprint density at radius 1 is 1.00 bits per heavy atom. The molecule has 0 N–H and O–H groups in total. The van der Waals surface area contributed by atoms with E-state index in [1.165, 1.54) is 6.92 Å². The van der Waals surface area contributed by atoms with Gasteiger partial charge in [-0.2, -0.15) is 13.2 Å². The molecule has 0 unspecified atom stereocenters. The maximum atomic E-state index is 13.6. The Balaban J connectivity index is 3.41. The molecule has 0 saturated heterocycles. The van der Waals surface area contributed by atoms with E-state index in [9.17, 15) is 17.6 Å². The summed E-state index contributed by atoms with van der Waals surface area (Å²) in [6.45, 7) is 6.81. The molecule has 0 bridgehead atoms. The Morgan fingerprint density at radius 3 is 1.81 bits per heavy atom. The Kier molecular flexibility index (Phi) is 3.05. The fourth-order valence-electron chi connectivity index (χ4n) is 1.86. The van der Waals surface area contributed by atoms with Gasteiger partial charge >= 0.3 is 6.18 Å². The fraction of sp³-hybridized carbons (Fsp3) is 0.500. The van der Waals surface area contributed by atoms with Gasteiger partial charge in [-0.25, -0.2) is 4.39 Å². The van der Waals surface area contributed by atoms with Crippen LogP contribution in [0.4, 0.5) is 17.6 Å². The lowest BCUT2D eigenvalue weighted by atomic mass is 9.83. The summed E-state index contributed by atoms with van der Waals surface area (Å²) in [7, 11) is 0. The molecule has 0 nitrogen and oxygen atoms in total. The molecule has 0 aromatic heterocycles. The number of alkyl halides is 3. The predicted molar refractivity (Wildman–Crippen MR) is 54.8 cm³/mol. The van der Waals surface area contributed by atoms with Gasteiger partial charge in [0.2, 0.25) is 0 Å². The van der Waals surface area contributed by atoms with Crippen LogP contribution in [0.3, 0.4) is 0 Å². The van der Waals surface area contributed by atoms with Crippen molar-refractivity contribution in [2.45, 2.75) is 39.3 Å². The van der Waals surface area contributed by atoms with Crippen LogP contribution in [0.25, 0.3) is 0 Å². The second-order valence-corrected chi connectivity index (χ2v) is 4.90. The Morgan fingerprint density at radius 2 is 1.50 bits per heavy atom. The van der Waals surface area contributed by atoms with Crippen molar-refractivity contribution in [3.05, 3.63) is 34.6 Å². The summed E-state index contributed by atoms with van der Waals surface area (Å²) < 4.78 is 50.9. The minimum Gasteiger partial charge on any atom is -0.207 e. The number of benzene rings is 1. The van der Waals surface area contributed by atoms with E-state index in [2.05, 4.69) is 0 Å². The molecule has 1 aromatic carbocycles. The van der Waals surface area contributed by atoms with Gasteiger partial charge < -0.3 is 0 Å². The third kappa shape index (κ3) is 2.54. The van der Waals surface area contributed by atoms with Gasteiger partial charge in [-0.05, 0) is 35.6 Å². The van der Waals surface area contributed by atoms with Gasteiger partial charge in [-0.1, -0.05) is 20.8 Å². The molecule has 90 valence electrons. The van der Waals surface area contributed by atoms with E-state index in [0.717, 1.165) is 6.07 Å². The summed E-state index contributed by atoms with van der Waals surface area (Å²) in [5.74, 6) is -0.792. The van der Waals surface area contributed by atoms with Gasteiger partial charge in [0, 0.05) is 0 Å². The van der Waals surface area contributed by atoms with Crippen molar-refractivity contribution >= 4 is 0 Å². The van der Waals surface area contributed by atoms with E-state index in [4.69, 9.17) is 0 Å². The van der Waals surface area contributed by atoms with Crippen molar-refractivity contribution < 1.29 is 17.6 Å². The Labute approximate surface area is 92.3 Å². The van der Waals surface area contributed by atoms with E-state index in [0.29, 0.717) is 17.2 Å². The topological polar surface area (TPSA) is 0 Å². The summed E-state index contributed by atoms with van der Waals surface area (Å²) in [4.78, 5) is 0. The highest BCUT2D eigenvalue weighted by Gasteiger charge is 2.33. The maximum Gasteiger partial charge on any atom is 0.416 e. The predicted octanol–water partition coefficient (Wildman–Crippen LogP) is 4.45. The summed E-state index contributed by atoms with van der Waals surface area (Å²) >= 11 is 0. The van der Waals surface area contributed by atoms with Crippen molar-refractivity contribution in [3.63, 3.8) is 0 Å². The van der Waals surface area contributed by atoms with Gasteiger partial charge in [-0.3, -0.25) is 0 Å². The summed E-state index contributed by atoms with van der Waals surface area (Å²) in [6, 6.07) is 1.55. The monoisotopic (exact) mass is 234 g/mol. The molecular formula is C12H14F4. The number of rotatable bonds is 0. The highest BCUT2D eigenvalue weighted by Crippen LogP contribution is 2.35. The first-order valence-electron chi connectivity index (χ1n) is 4.91. The van der Waals surface area contributed by atoms with E-state index in [1.54, 1.807) is 20.8 Å². The van der Waals surface area contributed by atoms with Crippen molar-refractivity contribution in [1.82, 2.24) is 0 Å². The largest absolute Gasteiger partial charge is 0.416 e. The lowest BCUT2D eigenvalue weighted by Gasteiger charge is -2.23. The Bertz CT molecular complexity index is 373. The summed E-state index contributed by atoms with van der Waals surface area (Å²) in [5.41, 5.74) is -0.769. The summed E-state index contributed by atoms with van der Waals surface area (Å²) in [5, 5.41) is 0. The van der Waals surface area contributed by atoms with Gasteiger partial charge in [0.05, 0.1) is 5.56 Å². The van der Waals surface area contributed by atoms with Crippen molar-refractivity contribution in [1.29, 1.82) is 0 Å². The number of hydrogen-bond acceptors (Lipinski definition) is 0. The first-order chi connectivity index (χ1) is 7.03. The molecule has 0 aliphatic rings. The number of halogens is 4. The normalized spacial score (nSPS) is 13.0. The lowest BCUT2D eigenvalue weighted by Crippen LogP contribution is -2.17. The molecule has 1 aromatic rings. The van der Waals surface area contributed by atoms with Crippen LogP contribution in [0.2, 0.25) is 0 Å². The second-order valence-electron chi connectivity index (χ2n) is 4.90. The van der Waals surface area contributed by atoms with Crippen molar-refractivity contribution in [2.24, 2.45) is 0 Å². The maximum absolute atomic E-state index is 13.6. The second kappa shape index (κ2) is 3.75. The van der Waals surface area contributed by atoms with Crippen LogP contribution < -0.4 is 0 Å². The first-order valence-corrected chi connectivity index (χ1v) is 4.91. The van der Waals surface area contributed by atoms with Crippen molar-refractivity contribution in [3.8, 4) is 0 Å². The quantitative estimate of drug-likeness (QED) is 0.582. The van der Waals surface area contributed by atoms with Crippen LogP contribution in [-0.4, -0.2) is 0 Å². The third-order valence-corrected chi connectivity index (χ3v) is 2.36. The minimum absolute atomic E-state index is 0.333. The molecule has 0 fully saturated rings. The molecule has 0 saturated carbocycles. The fourth-order valence-corrected chi connectivity index (χ4v) is 1.86. The third-order valence-electron chi connectivity index (χ3n) is 2.36. The molecule has 16 heavy (non-hydrogen) atoms. The van der Waals surface area contributed by atoms with Crippen LogP contribution in [0, 0.1) is 12.7 Å². The van der Waals surface area contributed by atoms with Crippen LogP contribution in [0.5, 0.6) is 0 Å². The molecule has 0 amide bonds. The number of hydrogen-bond donors (Lipinski definition) is 0. The SMILES string of the molecule is Cc1cc(C(F)(F)F)cc(F)c1C(C)(C)C. The lowest BCUT2D eigenvalue weighted by molar-refractivity contribution is -0.137.